The summed E-state index contributed by atoms with van der Waals surface area (Å²) in [6.45, 7) is 1.61. The van der Waals surface area contributed by atoms with Crippen LogP contribution in [0.25, 0.3) is 11.3 Å². The van der Waals surface area contributed by atoms with Gasteiger partial charge in [-0.2, -0.15) is 4.39 Å². The van der Waals surface area contributed by atoms with Crippen molar-refractivity contribution in [3.05, 3.63) is 48.2 Å². The van der Waals surface area contributed by atoms with Crippen LogP contribution in [0.2, 0.25) is 0 Å². The zero-order chi connectivity index (χ0) is 17.5. The van der Waals surface area contributed by atoms with Crippen LogP contribution in [-0.2, 0) is 10.3 Å². The third kappa shape index (κ3) is 2.41. The van der Waals surface area contributed by atoms with Crippen LogP contribution in [-0.4, -0.2) is 45.0 Å². The van der Waals surface area contributed by atoms with Gasteiger partial charge in [0.25, 0.3) is 5.91 Å². The molecule has 0 aliphatic carbocycles. The largest absolute Gasteiger partial charge is 0.380 e. The molecule has 1 aliphatic rings. The van der Waals surface area contributed by atoms with Crippen molar-refractivity contribution in [1.82, 2.24) is 20.2 Å². The molecule has 0 bridgehead atoms. The lowest BCUT2D eigenvalue weighted by Gasteiger charge is -2.43. The lowest BCUT2D eigenvalue weighted by molar-refractivity contribution is -0.142. The van der Waals surface area contributed by atoms with Gasteiger partial charge in [-0.25, -0.2) is 4.98 Å². The van der Waals surface area contributed by atoms with Crippen LogP contribution in [0.3, 0.4) is 0 Å². The summed E-state index contributed by atoms with van der Waals surface area (Å²) in [6, 6.07) is 6.32. The molecule has 24 heavy (non-hydrogen) atoms. The number of hydrogen-bond acceptors (Lipinski definition) is 5. The molecule has 2 atom stereocenters. The number of nitrogens with one attached hydrogen (secondary N) is 2. The van der Waals surface area contributed by atoms with E-state index in [0.29, 0.717) is 11.3 Å². The Morgan fingerprint density at radius 2 is 2.12 bits per heavy atom. The Hall–Kier alpha value is -2.87. The van der Waals surface area contributed by atoms with Gasteiger partial charge in [-0.05, 0) is 36.8 Å². The van der Waals surface area contributed by atoms with E-state index in [4.69, 9.17) is 5.41 Å². The molecule has 1 aliphatic heterocycles. The topological polar surface area (TPSA) is 102 Å². The first-order valence-electron chi connectivity index (χ1n) is 7.24. The van der Waals surface area contributed by atoms with Gasteiger partial charge < -0.3 is 10.4 Å². The highest BCUT2D eigenvalue weighted by atomic mass is 19.1. The number of amides is 1. The normalized spacial score (nSPS) is 24.0. The highest BCUT2D eigenvalue weighted by molar-refractivity contribution is 6.01. The van der Waals surface area contributed by atoms with E-state index in [1.54, 1.807) is 31.2 Å². The van der Waals surface area contributed by atoms with E-state index in [9.17, 15) is 14.3 Å². The molecular formula is C16H16FN5O2. The Morgan fingerprint density at radius 1 is 1.38 bits per heavy atom. The quantitative estimate of drug-likeness (QED) is 0.709. The van der Waals surface area contributed by atoms with E-state index in [1.807, 2.05) is 0 Å². The number of aliphatic hydroxyl groups is 1. The molecule has 3 rings (SSSR count). The predicted molar refractivity (Wildman–Crippen MR) is 84.4 cm³/mol. The number of guanidine groups is 1. The van der Waals surface area contributed by atoms with Crippen molar-refractivity contribution in [3.8, 4) is 11.3 Å². The van der Waals surface area contributed by atoms with Gasteiger partial charge in [0.05, 0.1) is 16.8 Å². The third-order valence-electron chi connectivity index (χ3n) is 4.22. The number of pyridine rings is 2. The fraction of sp³-hybridized carbons (Fsp3) is 0.250. The van der Waals surface area contributed by atoms with E-state index in [-0.39, 0.29) is 11.5 Å². The molecule has 2 aromatic heterocycles. The minimum absolute atomic E-state index is 0.126. The standard InChI is InChI=1S/C16H16FN5O2/c1-16(12(23)14(24)22(2)15(18)21-16)9-5-7-19-11(8-9)10-4-3-6-20-13(10)17/h3-8,12,23H,1-2H3,(H2,18,21)/t12-,16+/m0/s1. The van der Waals surface area contributed by atoms with Crippen molar-refractivity contribution in [2.24, 2.45) is 0 Å². The van der Waals surface area contributed by atoms with Crippen LogP contribution in [0.5, 0.6) is 0 Å². The summed E-state index contributed by atoms with van der Waals surface area (Å²) in [4.78, 5) is 20.9. The van der Waals surface area contributed by atoms with E-state index in [0.717, 1.165) is 4.90 Å². The molecule has 2 aromatic rings. The van der Waals surface area contributed by atoms with Gasteiger partial charge in [0.1, 0.15) is 0 Å². The lowest BCUT2D eigenvalue weighted by atomic mass is 9.84. The number of halogens is 1. The van der Waals surface area contributed by atoms with Crippen molar-refractivity contribution in [2.45, 2.75) is 18.6 Å². The highest BCUT2D eigenvalue weighted by Crippen LogP contribution is 2.31. The minimum Gasteiger partial charge on any atom is -0.380 e. The van der Waals surface area contributed by atoms with Crippen molar-refractivity contribution < 1.29 is 14.3 Å². The summed E-state index contributed by atoms with van der Waals surface area (Å²) < 4.78 is 13.9. The van der Waals surface area contributed by atoms with Gasteiger partial charge in [-0.15, -0.1) is 0 Å². The van der Waals surface area contributed by atoms with Crippen LogP contribution < -0.4 is 5.32 Å². The maximum absolute atomic E-state index is 13.9. The third-order valence-corrected chi connectivity index (χ3v) is 4.22. The molecule has 1 fully saturated rings. The number of carbonyl (C=O) groups excluding carboxylic acids is 1. The number of nitrogens with zero attached hydrogens (tertiary/aromatic N) is 3. The molecule has 124 valence electrons. The molecule has 0 aromatic carbocycles. The van der Waals surface area contributed by atoms with Gasteiger partial charge in [0, 0.05) is 19.4 Å². The molecule has 1 amide bonds. The number of aliphatic hydroxyl groups excluding tert-OH is 1. The van der Waals surface area contributed by atoms with Crippen molar-refractivity contribution in [3.63, 3.8) is 0 Å². The highest BCUT2D eigenvalue weighted by Gasteiger charge is 2.46. The zero-order valence-corrected chi connectivity index (χ0v) is 13.1. The summed E-state index contributed by atoms with van der Waals surface area (Å²) in [7, 11) is 1.41. The molecule has 0 radical (unpaired) electrons. The lowest BCUT2D eigenvalue weighted by Crippen LogP contribution is -2.66. The smallest absolute Gasteiger partial charge is 0.260 e. The summed E-state index contributed by atoms with van der Waals surface area (Å²) >= 11 is 0. The van der Waals surface area contributed by atoms with Gasteiger partial charge >= 0.3 is 0 Å². The Bertz CT molecular complexity index is 828. The van der Waals surface area contributed by atoms with E-state index >= 15 is 0 Å². The van der Waals surface area contributed by atoms with E-state index in [1.165, 1.54) is 19.4 Å². The Kier molecular flexibility index (Phi) is 3.76. The summed E-state index contributed by atoms with van der Waals surface area (Å²) in [5, 5.41) is 21.1. The molecule has 1 saturated heterocycles. The first-order valence-corrected chi connectivity index (χ1v) is 7.24. The molecule has 3 heterocycles. The second-order valence-electron chi connectivity index (χ2n) is 5.75. The summed E-state index contributed by atoms with van der Waals surface area (Å²) in [6.07, 6.45) is 1.40. The molecule has 8 heteroatoms. The SMILES string of the molecule is CN1C(=N)N[C@](C)(c2ccnc(-c3cccnc3F)c2)[C@@H](O)C1=O. The number of aromatic nitrogens is 2. The van der Waals surface area contributed by atoms with Gasteiger partial charge in [-0.3, -0.25) is 20.1 Å². The van der Waals surface area contributed by atoms with Crippen LogP contribution >= 0.6 is 0 Å². The Labute approximate surface area is 137 Å². The average Bonchev–Trinajstić information content (AvgIpc) is 2.59. The van der Waals surface area contributed by atoms with Crippen LogP contribution in [0.4, 0.5) is 4.39 Å². The molecule has 0 spiro atoms. The van der Waals surface area contributed by atoms with E-state index < -0.39 is 23.5 Å². The first kappa shape index (κ1) is 16.0. The van der Waals surface area contributed by atoms with Crippen molar-refractivity contribution in [2.75, 3.05) is 7.05 Å². The van der Waals surface area contributed by atoms with Gasteiger partial charge in [-0.1, -0.05) is 0 Å². The average molecular weight is 329 g/mol. The number of carbonyl (C=O) groups is 1. The van der Waals surface area contributed by atoms with Crippen molar-refractivity contribution in [1.29, 1.82) is 5.41 Å². The maximum atomic E-state index is 13.9. The molecule has 0 saturated carbocycles. The van der Waals surface area contributed by atoms with Crippen molar-refractivity contribution >= 4 is 11.9 Å². The second-order valence-corrected chi connectivity index (χ2v) is 5.75. The maximum Gasteiger partial charge on any atom is 0.260 e. The van der Waals surface area contributed by atoms with E-state index in [2.05, 4.69) is 15.3 Å². The van der Waals surface area contributed by atoms with Gasteiger partial charge in [0.15, 0.2) is 12.1 Å². The monoisotopic (exact) mass is 329 g/mol. The molecule has 0 unspecified atom stereocenters. The Balaban J connectivity index is 2.07. The Morgan fingerprint density at radius 3 is 2.83 bits per heavy atom. The van der Waals surface area contributed by atoms with Gasteiger partial charge in [0.2, 0.25) is 5.95 Å². The summed E-state index contributed by atoms with van der Waals surface area (Å²) in [5.41, 5.74) is -0.177. The number of hydrogen-bond donors (Lipinski definition) is 3. The molecule has 3 N–H and O–H groups in total. The zero-order valence-electron chi connectivity index (χ0n) is 13.1. The fourth-order valence-electron chi connectivity index (χ4n) is 2.65. The minimum atomic E-state index is -1.40. The van der Waals surface area contributed by atoms with Crippen LogP contribution in [0, 0.1) is 11.4 Å². The van der Waals surface area contributed by atoms with Crippen LogP contribution in [0.1, 0.15) is 12.5 Å². The first-order chi connectivity index (χ1) is 11.3. The second kappa shape index (κ2) is 5.64. The molecular weight excluding hydrogens is 313 g/mol. The van der Waals surface area contributed by atoms with Crippen LogP contribution in [0.15, 0.2) is 36.7 Å². The predicted octanol–water partition coefficient (Wildman–Crippen LogP) is 0.855. The molecule has 7 nitrogen and oxygen atoms in total. The summed E-state index contributed by atoms with van der Waals surface area (Å²) in [5.74, 6) is -1.38. The number of rotatable bonds is 2. The number of likely N-dealkylation sites (N-methyl/N-ethyl adjacent to an activating group) is 1. The fourth-order valence-corrected chi connectivity index (χ4v) is 2.65.